The van der Waals surface area contributed by atoms with Crippen molar-refractivity contribution in [1.29, 1.82) is 0 Å². The molecule has 0 bridgehead atoms. The summed E-state index contributed by atoms with van der Waals surface area (Å²) in [5, 5.41) is 0.748. The molecule has 0 N–H and O–H groups in total. The van der Waals surface area contributed by atoms with Crippen LogP contribution in [0.2, 0.25) is 5.02 Å². The highest BCUT2D eigenvalue weighted by molar-refractivity contribution is 6.30. The SMILES string of the molecule is COc1ccc(-n2c(C)ccc2-c2ccc(Cl)cc2)cc1. The molecule has 3 heteroatoms. The van der Waals surface area contributed by atoms with Gasteiger partial charge in [-0.05, 0) is 61.0 Å². The molecule has 21 heavy (non-hydrogen) atoms. The largest absolute Gasteiger partial charge is 0.497 e. The van der Waals surface area contributed by atoms with E-state index in [1.807, 2.05) is 36.4 Å². The first-order chi connectivity index (χ1) is 10.2. The number of halogens is 1. The predicted molar refractivity (Wildman–Crippen MR) is 87.5 cm³/mol. The van der Waals surface area contributed by atoms with Crippen LogP contribution in [0.1, 0.15) is 5.69 Å². The molecule has 0 spiro atoms. The number of benzene rings is 2. The summed E-state index contributed by atoms with van der Waals surface area (Å²) < 4.78 is 7.45. The predicted octanol–water partition coefficient (Wildman–Crippen LogP) is 5.11. The topological polar surface area (TPSA) is 14.2 Å². The maximum absolute atomic E-state index is 5.97. The summed E-state index contributed by atoms with van der Waals surface area (Å²) >= 11 is 5.97. The van der Waals surface area contributed by atoms with E-state index in [-0.39, 0.29) is 0 Å². The van der Waals surface area contributed by atoms with Crippen LogP contribution < -0.4 is 4.74 Å². The van der Waals surface area contributed by atoms with E-state index in [9.17, 15) is 0 Å². The van der Waals surface area contributed by atoms with Gasteiger partial charge in [-0.3, -0.25) is 0 Å². The van der Waals surface area contributed by atoms with Crippen LogP contribution in [0.5, 0.6) is 5.75 Å². The molecule has 0 radical (unpaired) electrons. The Balaban J connectivity index is 2.09. The highest BCUT2D eigenvalue weighted by Gasteiger charge is 2.09. The van der Waals surface area contributed by atoms with E-state index < -0.39 is 0 Å². The molecule has 3 rings (SSSR count). The third-order valence-electron chi connectivity index (χ3n) is 3.55. The number of ether oxygens (including phenoxy) is 1. The number of nitrogens with zero attached hydrogens (tertiary/aromatic N) is 1. The molecule has 106 valence electrons. The standard InChI is InChI=1S/C18H16ClNO/c1-13-3-12-18(14-4-6-15(19)7-5-14)20(13)16-8-10-17(21-2)11-9-16/h3-12H,1-2H3. The van der Waals surface area contributed by atoms with Crippen molar-refractivity contribution in [3.05, 3.63) is 71.4 Å². The van der Waals surface area contributed by atoms with Crippen molar-refractivity contribution in [3.8, 4) is 22.7 Å². The van der Waals surface area contributed by atoms with Gasteiger partial charge in [0.2, 0.25) is 0 Å². The van der Waals surface area contributed by atoms with Crippen molar-refractivity contribution in [3.63, 3.8) is 0 Å². The summed E-state index contributed by atoms with van der Waals surface area (Å²) in [6.45, 7) is 2.10. The third-order valence-corrected chi connectivity index (χ3v) is 3.80. The maximum atomic E-state index is 5.97. The summed E-state index contributed by atoms with van der Waals surface area (Å²) in [4.78, 5) is 0. The molecular weight excluding hydrogens is 282 g/mol. The van der Waals surface area contributed by atoms with Gasteiger partial charge in [0.1, 0.15) is 5.75 Å². The number of hydrogen-bond acceptors (Lipinski definition) is 1. The zero-order valence-electron chi connectivity index (χ0n) is 12.0. The van der Waals surface area contributed by atoms with Crippen molar-refractivity contribution in [1.82, 2.24) is 4.57 Å². The molecule has 0 fully saturated rings. The summed E-state index contributed by atoms with van der Waals surface area (Å²) in [7, 11) is 1.68. The number of hydrogen-bond donors (Lipinski definition) is 0. The summed E-state index contributed by atoms with van der Waals surface area (Å²) in [6.07, 6.45) is 0. The quantitative estimate of drug-likeness (QED) is 0.655. The van der Waals surface area contributed by atoms with E-state index in [0.717, 1.165) is 27.7 Å². The maximum Gasteiger partial charge on any atom is 0.119 e. The molecule has 1 heterocycles. The van der Waals surface area contributed by atoms with Gasteiger partial charge < -0.3 is 9.30 Å². The molecule has 0 saturated carbocycles. The van der Waals surface area contributed by atoms with Crippen molar-refractivity contribution in [2.24, 2.45) is 0 Å². The minimum absolute atomic E-state index is 0.748. The van der Waals surface area contributed by atoms with E-state index in [4.69, 9.17) is 16.3 Å². The van der Waals surface area contributed by atoms with Crippen LogP contribution in [0, 0.1) is 6.92 Å². The second kappa shape index (κ2) is 5.66. The smallest absolute Gasteiger partial charge is 0.119 e. The Kier molecular flexibility index (Phi) is 3.72. The molecule has 0 amide bonds. The molecule has 0 atom stereocenters. The first-order valence-corrected chi connectivity index (χ1v) is 7.15. The van der Waals surface area contributed by atoms with E-state index in [0.29, 0.717) is 0 Å². The van der Waals surface area contributed by atoms with Gasteiger partial charge in [0.05, 0.1) is 12.8 Å². The Labute approximate surface area is 129 Å². The zero-order valence-corrected chi connectivity index (χ0v) is 12.8. The minimum Gasteiger partial charge on any atom is -0.497 e. The number of aryl methyl sites for hydroxylation is 1. The average molecular weight is 298 g/mol. The first kappa shape index (κ1) is 13.8. The molecule has 0 aliphatic rings. The van der Waals surface area contributed by atoms with Crippen LogP contribution in [-0.4, -0.2) is 11.7 Å². The van der Waals surface area contributed by atoms with Crippen LogP contribution in [0.25, 0.3) is 16.9 Å². The van der Waals surface area contributed by atoms with Gasteiger partial charge in [-0.25, -0.2) is 0 Å². The normalized spacial score (nSPS) is 10.6. The number of methoxy groups -OCH3 is 1. The average Bonchev–Trinajstić information content (AvgIpc) is 2.90. The van der Waals surface area contributed by atoms with E-state index in [2.05, 4.69) is 35.8 Å². The van der Waals surface area contributed by atoms with Crippen LogP contribution in [0.3, 0.4) is 0 Å². The second-order valence-corrected chi connectivity index (χ2v) is 5.34. The van der Waals surface area contributed by atoms with Crippen LogP contribution in [-0.2, 0) is 0 Å². The molecule has 0 saturated heterocycles. The van der Waals surface area contributed by atoms with Crippen molar-refractivity contribution < 1.29 is 4.74 Å². The van der Waals surface area contributed by atoms with Gasteiger partial charge in [0.25, 0.3) is 0 Å². The lowest BCUT2D eigenvalue weighted by molar-refractivity contribution is 0.414. The highest BCUT2D eigenvalue weighted by atomic mass is 35.5. The summed E-state index contributed by atoms with van der Waals surface area (Å²) in [5.41, 5.74) is 4.59. The van der Waals surface area contributed by atoms with Crippen molar-refractivity contribution >= 4 is 11.6 Å². The molecule has 3 aromatic rings. The highest BCUT2D eigenvalue weighted by Crippen LogP contribution is 2.28. The Morgan fingerprint density at radius 2 is 1.52 bits per heavy atom. The number of aromatic nitrogens is 1. The van der Waals surface area contributed by atoms with Gasteiger partial charge in [-0.1, -0.05) is 23.7 Å². The van der Waals surface area contributed by atoms with Gasteiger partial charge in [0.15, 0.2) is 0 Å². The lowest BCUT2D eigenvalue weighted by Crippen LogP contribution is -1.98. The van der Waals surface area contributed by atoms with Crippen molar-refractivity contribution in [2.75, 3.05) is 7.11 Å². The lowest BCUT2D eigenvalue weighted by Gasteiger charge is -2.13. The molecular formula is C18H16ClNO. The monoisotopic (exact) mass is 297 g/mol. The van der Waals surface area contributed by atoms with Gasteiger partial charge in [-0.15, -0.1) is 0 Å². The van der Waals surface area contributed by atoms with E-state index in [1.54, 1.807) is 7.11 Å². The Morgan fingerprint density at radius 1 is 0.857 bits per heavy atom. The van der Waals surface area contributed by atoms with Crippen LogP contribution >= 0.6 is 11.6 Å². The van der Waals surface area contributed by atoms with Crippen LogP contribution in [0.15, 0.2) is 60.7 Å². The minimum atomic E-state index is 0.748. The Hall–Kier alpha value is -2.19. The molecule has 2 aromatic carbocycles. The lowest BCUT2D eigenvalue weighted by atomic mass is 10.1. The summed E-state index contributed by atoms with van der Waals surface area (Å²) in [5.74, 6) is 0.858. The molecule has 2 nitrogen and oxygen atoms in total. The fourth-order valence-corrected chi connectivity index (χ4v) is 2.58. The fraction of sp³-hybridized carbons (Fsp3) is 0.111. The number of rotatable bonds is 3. The van der Waals surface area contributed by atoms with Gasteiger partial charge in [0, 0.05) is 16.4 Å². The van der Waals surface area contributed by atoms with E-state index in [1.165, 1.54) is 5.69 Å². The molecule has 0 aliphatic carbocycles. The molecule has 1 aromatic heterocycles. The van der Waals surface area contributed by atoms with Gasteiger partial charge in [-0.2, -0.15) is 0 Å². The van der Waals surface area contributed by atoms with Crippen LogP contribution in [0.4, 0.5) is 0 Å². The van der Waals surface area contributed by atoms with Gasteiger partial charge >= 0.3 is 0 Å². The second-order valence-electron chi connectivity index (χ2n) is 4.90. The zero-order chi connectivity index (χ0) is 14.8. The Morgan fingerprint density at radius 3 is 2.14 bits per heavy atom. The fourth-order valence-electron chi connectivity index (χ4n) is 2.46. The van der Waals surface area contributed by atoms with E-state index >= 15 is 0 Å². The third kappa shape index (κ3) is 2.67. The molecule has 0 aliphatic heterocycles. The summed E-state index contributed by atoms with van der Waals surface area (Å²) in [6, 6.07) is 20.2. The first-order valence-electron chi connectivity index (χ1n) is 6.78. The van der Waals surface area contributed by atoms with Crippen molar-refractivity contribution in [2.45, 2.75) is 6.92 Å². The Bertz CT molecular complexity index is 742. The molecule has 0 unspecified atom stereocenters.